The number of imide groups is 2. The highest BCUT2D eigenvalue weighted by Crippen LogP contribution is 2.42. The largest absolute Gasteiger partial charge is 0.467 e. The van der Waals surface area contributed by atoms with Crippen LogP contribution in [0.25, 0.3) is 0 Å². The van der Waals surface area contributed by atoms with Crippen molar-refractivity contribution in [1.29, 1.82) is 0 Å². The van der Waals surface area contributed by atoms with Crippen LogP contribution in [-0.2, 0) is 41.9 Å². The van der Waals surface area contributed by atoms with Gasteiger partial charge in [-0.3, -0.25) is 19.4 Å². The third-order valence-electron chi connectivity index (χ3n) is 7.79. The van der Waals surface area contributed by atoms with Crippen LogP contribution in [0.3, 0.4) is 0 Å². The van der Waals surface area contributed by atoms with Crippen molar-refractivity contribution in [3.8, 4) is 0 Å². The predicted octanol–water partition coefficient (Wildman–Crippen LogP) is 4.42. The number of nitrogens with zero attached hydrogens (tertiary/aromatic N) is 2. The topological polar surface area (TPSA) is 130 Å². The molecule has 0 aromatic heterocycles. The summed E-state index contributed by atoms with van der Waals surface area (Å²) in [6.45, 7) is 23.9. The van der Waals surface area contributed by atoms with Crippen LogP contribution in [0, 0.1) is 11.3 Å². The summed E-state index contributed by atoms with van der Waals surface area (Å²) in [7, 11) is -2.59. The first-order chi connectivity index (χ1) is 19.9. The summed E-state index contributed by atoms with van der Waals surface area (Å²) in [5, 5.41) is 0. The zero-order chi connectivity index (χ0) is 34.2. The second-order valence-corrected chi connectivity index (χ2v) is 28.3. The van der Waals surface area contributed by atoms with E-state index in [0.29, 0.717) is 0 Å². The summed E-state index contributed by atoms with van der Waals surface area (Å²) in [6.07, 6.45) is -4.36. The van der Waals surface area contributed by atoms with Gasteiger partial charge in [0, 0.05) is 14.1 Å². The molecule has 2 heterocycles. The van der Waals surface area contributed by atoms with Gasteiger partial charge >= 0.3 is 12.0 Å². The van der Waals surface area contributed by atoms with E-state index in [0.717, 1.165) is 9.80 Å². The molecule has 0 bridgehead atoms. The minimum atomic E-state index is -2.23. The fourth-order valence-corrected chi connectivity index (χ4v) is 9.20. The summed E-state index contributed by atoms with van der Waals surface area (Å²) in [4.78, 5) is 54.5. The fraction of sp³-hybridized carbons (Fsp3) is 0.862. The minimum absolute atomic E-state index is 0.216. The van der Waals surface area contributed by atoms with Gasteiger partial charge in [-0.25, -0.2) is 9.59 Å². The van der Waals surface area contributed by atoms with E-state index >= 15 is 0 Å². The monoisotopic (exact) mass is 676 g/mol. The minimum Gasteiger partial charge on any atom is -0.467 e. The molecular formula is C29H56N2O10Si3. The van der Waals surface area contributed by atoms with Gasteiger partial charge in [0.1, 0.15) is 23.7 Å². The molecule has 0 N–H and O–H groups in total. The molecule has 0 aromatic carbocycles. The Hall–Kier alpha value is -1.47. The predicted molar refractivity (Wildman–Crippen MR) is 173 cm³/mol. The second kappa shape index (κ2) is 14.1. The molecule has 0 saturated carbocycles. The highest BCUT2D eigenvalue weighted by Gasteiger charge is 2.58. The van der Waals surface area contributed by atoms with E-state index in [-0.39, 0.29) is 12.8 Å². The van der Waals surface area contributed by atoms with Crippen LogP contribution in [0.1, 0.15) is 33.6 Å². The molecule has 2 aliphatic heterocycles. The van der Waals surface area contributed by atoms with Gasteiger partial charge in [0.25, 0.3) is 0 Å². The van der Waals surface area contributed by atoms with E-state index in [1.54, 1.807) is 6.92 Å². The number of esters is 1. The summed E-state index contributed by atoms with van der Waals surface area (Å²) >= 11 is 0. The standard InChI is InChI=1S/C29H56N2O10Si3/c1-16-29(26(33)30(4)28(35)31(5)27(29)34)18(2)17-19(3)37-25-23(41-44(13,14)15)21(40-43(10,11)12)20(39-42(7,8)9)22(38-25)24(32)36-6/h18-23,25H,16-17H2,1-15H3/t18?,19?,20-,21-,22-,23+,25?/m0/s1. The Labute approximate surface area is 266 Å². The molecule has 254 valence electrons. The van der Waals surface area contributed by atoms with E-state index in [2.05, 4.69) is 39.3 Å². The fourth-order valence-electron chi connectivity index (χ4n) is 5.98. The summed E-state index contributed by atoms with van der Waals surface area (Å²) in [5.41, 5.74) is -1.43. The Morgan fingerprint density at radius 1 is 0.818 bits per heavy atom. The zero-order valence-corrected chi connectivity index (χ0v) is 32.4. The van der Waals surface area contributed by atoms with E-state index < -0.39 is 96.9 Å². The van der Waals surface area contributed by atoms with Crippen molar-refractivity contribution in [2.24, 2.45) is 11.3 Å². The summed E-state index contributed by atoms with van der Waals surface area (Å²) < 4.78 is 38.1. The van der Waals surface area contributed by atoms with Gasteiger partial charge in [-0.2, -0.15) is 0 Å². The quantitative estimate of drug-likeness (QED) is 0.157. The average Bonchev–Trinajstić information content (AvgIpc) is 2.87. The number of carbonyl (C=O) groups is 4. The molecule has 0 aromatic rings. The first-order valence-corrected chi connectivity index (χ1v) is 25.6. The first-order valence-electron chi connectivity index (χ1n) is 15.4. The van der Waals surface area contributed by atoms with Crippen molar-refractivity contribution in [1.82, 2.24) is 9.80 Å². The van der Waals surface area contributed by atoms with Crippen LogP contribution in [0.15, 0.2) is 0 Å². The van der Waals surface area contributed by atoms with E-state index in [1.165, 1.54) is 21.2 Å². The normalized spacial score (nSPS) is 28.2. The lowest BCUT2D eigenvalue weighted by Crippen LogP contribution is -2.67. The van der Waals surface area contributed by atoms with Crippen molar-refractivity contribution < 1.29 is 46.7 Å². The molecule has 12 nitrogen and oxygen atoms in total. The number of methoxy groups -OCH3 is 1. The number of carbonyl (C=O) groups excluding carboxylic acids is 4. The molecule has 15 heteroatoms. The van der Waals surface area contributed by atoms with Gasteiger partial charge in [0.05, 0.1) is 13.2 Å². The maximum atomic E-state index is 13.4. The molecule has 2 aliphatic rings. The molecule has 2 fully saturated rings. The van der Waals surface area contributed by atoms with E-state index in [9.17, 15) is 19.2 Å². The third kappa shape index (κ3) is 8.86. The van der Waals surface area contributed by atoms with Gasteiger partial charge in [-0.05, 0) is 84.6 Å². The number of hydrogen-bond acceptors (Lipinski definition) is 10. The summed E-state index contributed by atoms with van der Waals surface area (Å²) in [6, 6.07) is -0.653. The van der Waals surface area contributed by atoms with E-state index in [4.69, 9.17) is 27.5 Å². The lowest BCUT2D eigenvalue weighted by Gasteiger charge is -2.50. The maximum absolute atomic E-state index is 13.4. The van der Waals surface area contributed by atoms with Gasteiger partial charge < -0.3 is 27.5 Å². The SMILES string of the molecule is CCC1(C(C)CC(C)OC2O[C@H](C(=O)OC)[C@@H](O[Si](C)(C)C)[C@H](O[Si](C)(C)C)[C@H]2O[Si](C)(C)C)C(=O)N(C)C(=O)N(C)C1=O. The first kappa shape index (κ1) is 38.7. The Morgan fingerprint density at radius 2 is 1.25 bits per heavy atom. The lowest BCUT2D eigenvalue weighted by molar-refractivity contribution is -0.295. The van der Waals surface area contributed by atoms with Crippen LogP contribution in [-0.4, -0.2) is 117 Å². The van der Waals surface area contributed by atoms with Crippen molar-refractivity contribution in [3.63, 3.8) is 0 Å². The van der Waals surface area contributed by atoms with Crippen LogP contribution < -0.4 is 0 Å². The van der Waals surface area contributed by atoms with Crippen molar-refractivity contribution in [2.75, 3.05) is 21.2 Å². The molecular weight excluding hydrogens is 621 g/mol. The number of barbiturate groups is 1. The molecule has 0 spiro atoms. The second-order valence-electron chi connectivity index (χ2n) is 15.0. The molecule has 0 aliphatic carbocycles. The van der Waals surface area contributed by atoms with Crippen LogP contribution in [0.2, 0.25) is 58.9 Å². The van der Waals surface area contributed by atoms with Gasteiger partial charge in [-0.1, -0.05) is 13.8 Å². The molecule has 44 heavy (non-hydrogen) atoms. The highest BCUT2D eigenvalue weighted by molar-refractivity contribution is 6.70. The highest BCUT2D eigenvalue weighted by atomic mass is 28.4. The molecule has 7 atom stereocenters. The lowest BCUT2D eigenvalue weighted by atomic mass is 9.69. The molecule has 2 saturated heterocycles. The number of urea groups is 1. The number of amides is 4. The van der Waals surface area contributed by atoms with Gasteiger partial charge in [0.15, 0.2) is 37.3 Å². The van der Waals surface area contributed by atoms with Crippen LogP contribution in [0.5, 0.6) is 0 Å². The van der Waals surface area contributed by atoms with Crippen molar-refractivity contribution in [3.05, 3.63) is 0 Å². The molecule has 3 unspecified atom stereocenters. The van der Waals surface area contributed by atoms with Crippen molar-refractivity contribution in [2.45, 2.75) is 129 Å². The summed E-state index contributed by atoms with van der Waals surface area (Å²) in [5.74, 6) is -2.14. The maximum Gasteiger partial charge on any atom is 0.337 e. The Bertz CT molecular complexity index is 1050. The number of rotatable bonds is 13. The Kier molecular flexibility index (Phi) is 12.4. The average molecular weight is 677 g/mol. The van der Waals surface area contributed by atoms with Gasteiger partial charge in [0.2, 0.25) is 11.8 Å². The van der Waals surface area contributed by atoms with E-state index in [1.807, 2.05) is 33.5 Å². The Balaban J connectivity index is 2.52. The molecule has 2 rings (SSSR count). The van der Waals surface area contributed by atoms with Crippen LogP contribution in [0.4, 0.5) is 4.79 Å². The van der Waals surface area contributed by atoms with Gasteiger partial charge in [-0.15, -0.1) is 0 Å². The van der Waals surface area contributed by atoms with Crippen molar-refractivity contribution >= 4 is 48.8 Å². The zero-order valence-electron chi connectivity index (χ0n) is 29.4. The number of ether oxygens (including phenoxy) is 3. The Morgan fingerprint density at radius 3 is 1.66 bits per heavy atom. The smallest absolute Gasteiger partial charge is 0.337 e. The molecule has 0 radical (unpaired) electrons. The molecule has 4 amide bonds. The number of hydrogen-bond donors (Lipinski definition) is 0. The van der Waals surface area contributed by atoms with Crippen LogP contribution >= 0.6 is 0 Å². The third-order valence-corrected chi connectivity index (χ3v) is 10.7.